The maximum Gasteiger partial charge on any atom is 0.272 e. The molecule has 0 spiro atoms. The Bertz CT molecular complexity index is 715. The normalized spacial score (nSPS) is 16.9. The summed E-state index contributed by atoms with van der Waals surface area (Å²) in [5.41, 5.74) is 1.04. The van der Waals surface area contributed by atoms with Gasteiger partial charge in [0, 0.05) is 24.3 Å². The van der Waals surface area contributed by atoms with Crippen LogP contribution >= 0.6 is 11.6 Å². The number of nitrogens with zero attached hydrogens (tertiary/aromatic N) is 2. The Hall–Kier alpha value is -1.98. The molecule has 1 atom stereocenters. The maximum atomic E-state index is 13.0. The van der Waals surface area contributed by atoms with Crippen molar-refractivity contribution in [2.24, 2.45) is 5.92 Å². The number of hydrogen-bond donors (Lipinski definition) is 1. The van der Waals surface area contributed by atoms with Crippen LogP contribution in [0.25, 0.3) is 0 Å². The number of rotatable bonds is 3. The molecule has 24 heavy (non-hydrogen) atoms. The first-order valence-electron chi connectivity index (χ1n) is 7.89. The molecule has 1 aliphatic rings. The van der Waals surface area contributed by atoms with E-state index in [4.69, 9.17) is 11.6 Å². The quantitative estimate of drug-likeness (QED) is 0.924. The van der Waals surface area contributed by atoms with Gasteiger partial charge in [0.15, 0.2) is 0 Å². The highest BCUT2D eigenvalue weighted by Gasteiger charge is 2.29. The van der Waals surface area contributed by atoms with Crippen LogP contribution in [0, 0.1) is 11.7 Å². The van der Waals surface area contributed by atoms with Crippen molar-refractivity contribution in [3.8, 4) is 0 Å². The molecule has 0 radical (unpaired) electrons. The first-order valence-corrected chi connectivity index (χ1v) is 8.27. The molecule has 2 heterocycles. The molecule has 1 saturated heterocycles. The third-order valence-electron chi connectivity index (χ3n) is 4.43. The largest absolute Gasteiger partial charge is 0.388 e. The highest BCUT2D eigenvalue weighted by Crippen LogP contribution is 2.31. The number of amides is 1. The van der Waals surface area contributed by atoms with Crippen LogP contribution in [0.4, 0.5) is 4.39 Å². The lowest BCUT2D eigenvalue weighted by molar-refractivity contribution is 0.0458. The van der Waals surface area contributed by atoms with Gasteiger partial charge >= 0.3 is 0 Å². The highest BCUT2D eigenvalue weighted by atomic mass is 35.5. The van der Waals surface area contributed by atoms with Crippen molar-refractivity contribution in [1.29, 1.82) is 0 Å². The molecular weight excluding hydrogens is 331 g/mol. The zero-order valence-corrected chi connectivity index (χ0v) is 13.8. The van der Waals surface area contributed by atoms with Crippen LogP contribution in [0.2, 0.25) is 5.02 Å². The molecule has 6 heteroatoms. The number of aliphatic hydroxyl groups is 1. The summed E-state index contributed by atoms with van der Waals surface area (Å²) in [6.45, 7) is 1.10. The third-order valence-corrected chi connectivity index (χ3v) is 4.66. The lowest BCUT2D eigenvalue weighted by Gasteiger charge is -2.34. The number of halogens is 2. The molecule has 1 fully saturated rings. The molecule has 1 amide bonds. The van der Waals surface area contributed by atoms with Crippen LogP contribution in [-0.2, 0) is 0 Å². The minimum Gasteiger partial charge on any atom is -0.388 e. The number of carbonyl (C=O) groups is 1. The topological polar surface area (TPSA) is 53.4 Å². The van der Waals surface area contributed by atoms with E-state index in [1.807, 2.05) is 0 Å². The number of aromatic nitrogens is 1. The number of carbonyl (C=O) groups excluding carboxylic acids is 1. The van der Waals surface area contributed by atoms with E-state index < -0.39 is 6.10 Å². The number of hydrogen-bond acceptors (Lipinski definition) is 3. The minimum absolute atomic E-state index is 0.0480. The van der Waals surface area contributed by atoms with E-state index in [1.54, 1.807) is 29.2 Å². The summed E-state index contributed by atoms with van der Waals surface area (Å²) in [5.74, 6) is -0.417. The Kier molecular flexibility index (Phi) is 5.11. The van der Waals surface area contributed by atoms with E-state index in [1.165, 1.54) is 18.3 Å². The zero-order valence-electron chi connectivity index (χ0n) is 13.0. The summed E-state index contributed by atoms with van der Waals surface area (Å²) in [5, 5.41) is 10.9. The van der Waals surface area contributed by atoms with E-state index in [-0.39, 0.29) is 17.6 Å². The Morgan fingerprint density at radius 2 is 1.92 bits per heavy atom. The molecule has 126 valence electrons. The minimum atomic E-state index is -0.646. The molecule has 3 rings (SSSR count). The van der Waals surface area contributed by atoms with Gasteiger partial charge in [0.2, 0.25) is 0 Å². The molecule has 4 nitrogen and oxygen atoms in total. The fourth-order valence-corrected chi connectivity index (χ4v) is 3.19. The van der Waals surface area contributed by atoms with Gasteiger partial charge in [0.25, 0.3) is 5.91 Å². The van der Waals surface area contributed by atoms with Gasteiger partial charge in [-0.1, -0.05) is 23.7 Å². The standard InChI is InChI=1S/C18H18ClFN2O2/c19-14-5-8-21-16(11-14)18(24)22-9-6-13(7-10-22)17(23)12-1-3-15(20)4-2-12/h1-5,8,11,13,17,23H,6-7,9-10H2. The maximum absolute atomic E-state index is 13.0. The van der Waals surface area contributed by atoms with Gasteiger partial charge in [-0.15, -0.1) is 0 Å². The summed E-state index contributed by atoms with van der Waals surface area (Å²) >= 11 is 5.90. The van der Waals surface area contributed by atoms with Gasteiger partial charge in [-0.2, -0.15) is 0 Å². The van der Waals surface area contributed by atoms with Crippen LogP contribution < -0.4 is 0 Å². The summed E-state index contributed by atoms with van der Waals surface area (Å²) in [7, 11) is 0. The van der Waals surface area contributed by atoms with Crippen molar-refractivity contribution in [3.05, 3.63) is 64.7 Å². The Morgan fingerprint density at radius 1 is 1.25 bits per heavy atom. The summed E-state index contributed by atoms with van der Waals surface area (Å²) in [6.07, 6.45) is 2.24. The van der Waals surface area contributed by atoms with Crippen molar-refractivity contribution in [1.82, 2.24) is 9.88 Å². The molecule has 2 aromatic rings. The first-order chi connectivity index (χ1) is 11.5. The number of likely N-dealkylation sites (tertiary alicyclic amines) is 1. The zero-order chi connectivity index (χ0) is 17.1. The number of piperidine rings is 1. The van der Waals surface area contributed by atoms with Gasteiger partial charge in [-0.3, -0.25) is 9.78 Å². The van der Waals surface area contributed by atoms with Gasteiger partial charge in [-0.25, -0.2) is 4.39 Å². The van der Waals surface area contributed by atoms with Crippen molar-refractivity contribution in [3.63, 3.8) is 0 Å². The van der Waals surface area contributed by atoms with Crippen LogP contribution in [0.5, 0.6) is 0 Å². The van der Waals surface area contributed by atoms with Gasteiger partial charge in [-0.05, 0) is 48.6 Å². The predicted molar refractivity (Wildman–Crippen MR) is 89.2 cm³/mol. The van der Waals surface area contributed by atoms with Crippen molar-refractivity contribution >= 4 is 17.5 Å². The molecule has 0 bridgehead atoms. The second-order valence-electron chi connectivity index (χ2n) is 5.99. The highest BCUT2D eigenvalue weighted by molar-refractivity contribution is 6.30. The average Bonchev–Trinajstić information content (AvgIpc) is 2.61. The van der Waals surface area contributed by atoms with E-state index in [2.05, 4.69) is 4.98 Å². The SMILES string of the molecule is O=C(c1cc(Cl)ccn1)N1CCC(C(O)c2ccc(F)cc2)CC1. The molecule has 0 saturated carbocycles. The molecular formula is C18H18ClFN2O2. The monoisotopic (exact) mass is 348 g/mol. The lowest BCUT2D eigenvalue weighted by atomic mass is 9.87. The fraction of sp³-hybridized carbons (Fsp3) is 0.333. The van der Waals surface area contributed by atoms with Crippen LogP contribution in [0.1, 0.15) is 35.0 Å². The van der Waals surface area contributed by atoms with E-state index in [0.29, 0.717) is 42.2 Å². The predicted octanol–water partition coefficient (Wildman–Crippen LogP) is 3.46. The molecule has 0 aliphatic carbocycles. The van der Waals surface area contributed by atoms with Gasteiger partial charge in [0.05, 0.1) is 6.10 Å². The smallest absolute Gasteiger partial charge is 0.272 e. The summed E-state index contributed by atoms with van der Waals surface area (Å²) in [4.78, 5) is 18.2. The van der Waals surface area contributed by atoms with E-state index in [0.717, 1.165) is 0 Å². The molecule has 1 aromatic heterocycles. The van der Waals surface area contributed by atoms with E-state index >= 15 is 0 Å². The van der Waals surface area contributed by atoms with Crippen molar-refractivity contribution < 1.29 is 14.3 Å². The fourth-order valence-electron chi connectivity index (χ4n) is 3.03. The van der Waals surface area contributed by atoms with Crippen molar-refractivity contribution in [2.45, 2.75) is 18.9 Å². The second-order valence-corrected chi connectivity index (χ2v) is 6.42. The Morgan fingerprint density at radius 3 is 2.54 bits per heavy atom. The number of pyridine rings is 1. The first kappa shape index (κ1) is 16.9. The molecule has 1 aliphatic heterocycles. The van der Waals surface area contributed by atoms with Gasteiger partial charge in [0.1, 0.15) is 11.5 Å². The second kappa shape index (κ2) is 7.28. The van der Waals surface area contributed by atoms with Gasteiger partial charge < -0.3 is 10.0 Å². The molecule has 1 unspecified atom stereocenters. The van der Waals surface area contributed by atoms with Crippen LogP contribution in [0.15, 0.2) is 42.6 Å². The van der Waals surface area contributed by atoms with Crippen molar-refractivity contribution in [2.75, 3.05) is 13.1 Å². The average molecular weight is 349 g/mol. The third kappa shape index (κ3) is 3.74. The Balaban J connectivity index is 1.61. The molecule has 1 N–H and O–H groups in total. The lowest BCUT2D eigenvalue weighted by Crippen LogP contribution is -2.40. The summed E-state index contributed by atoms with van der Waals surface area (Å²) < 4.78 is 13.0. The number of benzene rings is 1. The van der Waals surface area contributed by atoms with Crippen LogP contribution in [-0.4, -0.2) is 34.0 Å². The number of aliphatic hydroxyl groups excluding tert-OH is 1. The Labute approximate surface area is 144 Å². The van der Waals surface area contributed by atoms with Crippen LogP contribution in [0.3, 0.4) is 0 Å². The molecule has 1 aromatic carbocycles. The van der Waals surface area contributed by atoms with E-state index in [9.17, 15) is 14.3 Å². The summed E-state index contributed by atoms with van der Waals surface area (Å²) in [6, 6.07) is 9.10.